The lowest BCUT2D eigenvalue weighted by atomic mass is 10.1. The van der Waals surface area contributed by atoms with Gasteiger partial charge < -0.3 is 30.0 Å². The van der Waals surface area contributed by atoms with E-state index in [2.05, 4.69) is 16.4 Å². The number of benzene rings is 3. The van der Waals surface area contributed by atoms with E-state index in [1.54, 1.807) is 60.7 Å². The van der Waals surface area contributed by atoms with Gasteiger partial charge in [0, 0.05) is 35.3 Å². The largest absolute Gasteiger partial charge is 0.493 e. The number of methoxy groups -OCH3 is 1. The van der Waals surface area contributed by atoms with Crippen LogP contribution < -0.4 is 25.3 Å². The maximum absolute atomic E-state index is 12.5. The molecule has 0 aliphatic heterocycles. The number of amides is 1. The number of fused-ring (bicyclic) bond motifs is 1. The number of nitrogens with two attached hydrogens (primary N) is 1. The Hall–Kier alpha value is -5.14. The maximum atomic E-state index is 12.5. The summed E-state index contributed by atoms with van der Waals surface area (Å²) in [7, 11) is 1.50. The Morgan fingerprint density at radius 1 is 1.07 bits per heavy atom. The fraction of sp³-hybridized carbons (Fsp3) is 0.273. The van der Waals surface area contributed by atoms with Gasteiger partial charge in [-0.15, -0.1) is 0 Å². The summed E-state index contributed by atoms with van der Waals surface area (Å²) in [5.74, 6) is 0.926. The fourth-order valence-corrected chi connectivity index (χ4v) is 4.83. The van der Waals surface area contributed by atoms with E-state index >= 15 is 0 Å². The predicted molar refractivity (Wildman–Crippen MR) is 160 cm³/mol. The predicted octanol–water partition coefficient (Wildman–Crippen LogP) is 5.74. The van der Waals surface area contributed by atoms with Crippen LogP contribution in [0.5, 0.6) is 23.0 Å². The van der Waals surface area contributed by atoms with Crippen molar-refractivity contribution in [3.63, 3.8) is 0 Å². The quantitative estimate of drug-likeness (QED) is 0.212. The normalized spacial score (nSPS) is 13.6. The molecule has 5 rings (SSSR count). The maximum Gasteiger partial charge on any atom is 0.323 e. The lowest BCUT2D eigenvalue weighted by molar-refractivity contribution is -0.150. The summed E-state index contributed by atoms with van der Waals surface area (Å²) >= 11 is 0. The molecule has 1 saturated carbocycles. The number of carbonyl (C=O) groups is 2. The molecule has 1 fully saturated rings. The molecule has 1 atom stereocenters. The minimum atomic E-state index is -0.790. The van der Waals surface area contributed by atoms with Crippen molar-refractivity contribution in [2.45, 2.75) is 44.2 Å². The molecular formula is C33H32N4O6. The molecule has 220 valence electrons. The molecule has 0 radical (unpaired) electrons. The van der Waals surface area contributed by atoms with Gasteiger partial charge in [-0.05, 0) is 68.1 Å². The molecule has 3 aromatic carbocycles. The number of nitrogens with zero attached hydrogens (tertiary/aromatic N) is 2. The standard InChI is InChI=1S/C33H32N4O6/c1-40-29-17-26-28(18-30(29)41-16-15-27(35)33(39)43-24-9-5-6-10-24)36-20-22(19-34)31(26)42-25-13-11-23(12-14-25)37-32(38)21-7-3-2-4-8-21/h2-4,7-8,11-14,17-18,20,24,27H,5-6,9-10,15-16,35H2,1H3,(H,37,38)/t27-/m0/s1. The third-order valence-corrected chi connectivity index (χ3v) is 7.17. The zero-order chi connectivity index (χ0) is 30.2. The molecule has 0 spiro atoms. The van der Waals surface area contributed by atoms with Crippen LogP contribution in [0.3, 0.4) is 0 Å². The molecule has 10 nitrogen and oxygen atoms in total. The van der Waals surface area contributed by atoms with Gasteiger partial charge in [0.25, 0.3) is 5.91 Å². The van der Waals surface area contributed by atoms with Gasteiger partial charge in [0.15, 0.2) is 17.2 Å². The van der Waals surface area contributed by atoms with Crippen molar-refractivity contribution in [1.82, 2.24) is 4.98 Å². The topological polar surface area (TPSA) is 146 Å². The lowest BCUT2D eigenvalue weighted by Crippen LogP contribution is -2.35. The van der Waals surface area contributed by atoms with E-state index < -0.39 is 12.0 Å². The van der Waals surface area contributed by atoms with Gasteiger partial charge in [-0.2, -0.15) is 5.26 Å². The van der Waals surface area contributed by atoms with Crippen molar-refractivity contribution in [2.24, 2.45) is 5.73 Å². The average Bonchev–Trinajstić information content (AvgIpc) is 3.55. The van der Waals surface area contributed by atoms with Gasteiger partial charge >= 0.3 is 5.97 Å². The summed E-state index contributed by atoms with van der Waals surface area (Å²) in [6.07, 6.45) is 5.55. The van der Waals surface area contributed by atoms with Crippen LogP contribution in [0.2, 0.25) is 0 Å². The zero-order valence-electron chi connectivity index (χ0n) is 23.7. The van der Waals surface area contributed by atoms with E-state index in [-0.39, 0.29) is 30.6 Å². The summed E-state index contributed by atoms with van der Waals surface area (Å²) < 4.78 is 23.1. The number of pyridine rings is 1. The van der Waals surface area contributed by atoms with E-state index in [0.29, 0.717) is 45.2 Å². The van der Waals surface area contributed by atoms with Crippen LogP contribution in [0.4, 0.5) is 5.69 Å². The fourth-order valence-electron chi connectivity index (χ4n) is 4.83. The molecule has 1 aromatic heterocycles. The summed E-state index contributed by atoms with van der Waals surface area (Å²) in [5, 5.41) is 13.2. The smallest absolute Gasteiger partial charge is 0.323 e. The highest BCUT2D eigenvalue weighted by molar-refractivity contribution is 6.04. The zero-order valence-corrected chi connectivity index (χ0v) is 23.7. The highest BCUT2D eigenvalue weighted by atomic mass is 16.5. The van der Waals surface area contributed by atoms with Gasteiger partial charge in [0.1, 0.15) is 29.5 Å². The number of hydrogen-bond donors (Lipinski definition) is 2. The van der Waals surface area contributed by atoms with E-state index in [1.165, 1.54) is 13.3 Å². The lowest BCUT2D eigenvalue weighted by Gasteiger charge is -2.17. The van der Waals surface area contributed by atoms with Crippen LogP contribution >= 0.6 is 0 Å². The highest BCUT2D eigenvalue weighted by Crippen LogP contribution is 2.39. The number of ether oxygens (including phenoxy) is 4. The monoisotopic (exact) mass is 580 g/mol. The molecule has 1 amide bonds. The number of rotatable bonds is 11. The molecule has 0 saturated heterocycles. The minimum absolute atomic E-state index is 0.0423. The Morgan fingerprint density at radius 2 is 1.81 bits per heavy atom. The number of carbonyl (C=O) groups excluding carboxylic acids is 2. The molecule has 1 aliphatic rings. The van der Waals surface area contributed by atoms with E-state index in [1.807, 2.05) is 6.07 Å². The Kier molecular flexibility index (Phi) is 9.34. The number of nitriles is 1. The summed E-state index contributed by atoms with van der Waals surface area (Å²) in [5.41, 5.74) is 7.93. The molecule has 10 heteroatoms. The number of nitrogens with one attached hydrogen (secondary N) is 1. The van der Waals surface area contributed by atoms with Crippen molar-refractivity contribution < 1.29 is 28.5 Å². The van der Waals surface area contributed by atoms with Crippen molar-refractivity contribution >= 4 is 28.5 Å². The Bertz CT molecular complexity index is 1630. The molecule has 4 aromatic rings. The van der Waals surface area contributed by atoms with Crippen molar-refractivity contribution in [1.29, 1.82) is 5.26 Å². The second kappa shape index (κ2) is 13.7. The molecule has 0 bridgehead atoms. The van der Waals surface area contributed by atoms with Crippen LogP contribution in [0.15, 0.2) is 72.9 Å². The molecule has 1 aliphatic carbocycles. The van der Waals surface area contributed by atoms with E-state index in [0.717, 1.165) is 25.7 Å². The first-order valence-corrected chi connectivity index (χ1v) is 14.1. The molecule has 43 heavy (non-hydrogen) atoms. The van der Waals surface area contributed by atoms with Crippen LogP contribution in [0, 0.1) is 11.3 Å². The van der Waals surface area contributed by atoms with Gasteiger partial charge in [-0.3, -0.25) is 14.6 Å². The molecule has 3 N–H and O–H groups in total. The number of aromatic nitrogens is 1. The van der Waals surface area contributed by atoms with Crippen molar-refractivity contribution in [2.75, 3.05) is 19.0 Å². The van der Waals surface area contributed by atoms with Crippen LogP contribution in [0.1, 0.15) is 48.0 Å². The van der Waals surface area contributed by atoms with E-state index in [9.17, 15) is 14.9 Å². The van der Waals surface area contributed by atoms with Gasteiger partial charge in [-0.1, -0.05) is 18.2 Å². The Morgan fingerprint density at radius 3 is 2.51 bits per heavy atom. The first-order chi connectivity index (χ1) is 20.9. The van der Waals surface area contributed by atoms with Gasteiger partial charge in [0.2, 0.25) is 0 Å². The van der Waals surface area contributed by atoms with Crippen LogP contribution in [-0.4, -0.2) is 42.7 Å². The van der Waals surface area contributed by atoms with Crippen LogP contribution in [0.25, 0.3) is 10.9 Å². The van der Waals surface area contributed by atoms with Gasteiger partial charge in [-0.25, -0.2) is 0 Å². The van der Waals surface area contributed by atoms with Crippen molar-refractivity contribution in [3.8, 4) is 29.1 Å². The highest BCUT2D eigenvalue weighted by Gasteiger charge is 2.23. The third kappa shape index (κ3) is 7.20. The minimum Gasteiger partial charge on any atom is -0.493 e. The Balaban J connectivity index is 1.28. The molecule has 1 heterocycles. The third-order valence-electron chi connectivity index (χ3n) is 7.17. The van der Waals surface area contributed by atoms with E-state index in [4.69, 9.17) is 24.7 Å². The summed E-state index contributed by atoms with van der Waals surface area (Å²) in [6.45, 7) is 0.162. The SMILES string of the molecule is COc1cc2c(Oc3ccc(NC(=O)c4ccccc4)cc3)c(C#N)cnc2cc1OCC[C@H](N)C(=O)OC1CCCC1. The van der Waals surface area contributed by atoms with Crippen LogP contribution in [-0.2, 0) is 9.53 Å². The van der Waals surface area contributed by atoms with Crippen molar-refractivity contribution in [3.05, 3.63) is 84.1 Å². The second-order valence-corrected chi connectivity index (χ2v) is 10.2. The second-order valence-electron chi connectivity index (χ2n) is 10.2. The summed E-state index contributed by atoms with van der Waals surface area (Å²) in [6, 6.07) is 20.5. The molecular weight excluding hydrogens is 548 g/mol. The first kappa shape index (κ1) is 29.4. The number of anilines is 1. The molecule has 0 unspecified atom stereocenters. The number of esters is 1. The number of hydrogen-bond acceptors (Lipinski definition) is 9. The first-order valence-electron chi connectivity index (χ1n) is 14.1. The Labute approximate surface area is 249 Å². The van der Waals surface area contributed by atoms with Gasteiger partial charge in [0.05, 0.1) is 19.2 Å². The summed E-state index contributed by atoms with van der Waals surface area (Å²) in [4.78, 5) is 29.2. The average molecular weight is 581 g/mol.